The van der Waals surface area contributed by atoms with Gasteiger partial charge in [-0.25, -0.2) is 4.79 Å². The Hall–Kier alpha value is -3.22. The van der Waals surface area contributed by atoms with Crippen LogP contribution >= 0.6 is 0 Å². The third kappa shape index (κ3) is 6.89. The van der Waals surface area contributed by atoms with Crippen molar-refractivity contribution in [3.63, 3.8) is 0 Å². The summed E-state index contributed by atoms with van der Waals surface area (Å²) >= 11 is 0. The van der Waals surface area contributed by atoms with Gasteiger partial charge in [-0.15, -0.1) is 0 Å². The van der Waals surface area contributed by atoms with E-state index >= 15 is 0 Å². The second-order valence-corrected chi connectivity index (χ2v) is 8.46. The van der Waals surface area contributed by atoms with Crippen LogP contribution < -0.4 is 16.4 Å². The molecule has 2 rings (SSSR count). The van der Waals surface area contributed by atoms with Gasteiger partial charge in [-0.2, -0.15) is 0 Å². The zero-order valence-electron chi connectivity index (χ0n) is 19.0. The number of nitrogens with zero attached hydrogens (tertiary/aromatic N) is 1. The quantitative estimate of drug-likeness (QED) is 0.199. The van der Waals surface area contributed by atoms with Crippen LogP contribution in [0.15, 0.2) is 24.3 Å². The highest BCUT2D eigenvalue weighted by molar-refractivity contribution is 5.95. The van der Waals surface area contributed by atoms with E-state index in [1.165, 1.54) is 30.9 Å². The molecule has 34 heavy (non-hydrogen) atoms. The number of carboxylic acid groups (broad SMARTS) is 1. The van der Waals surface area contributed by atoms with Gasteiger partial charge in [0.25, 0.3) is 0 Å². The van der Waals surface area contributed by atoms with E-state index < -0.39 is 60.1 Å². The Bertz CT molecular complexity index is 889. The number of benzene rings is 1. The number of carboxylic acids is 1. The van der Waals surface area contributed by atoms with Gasteiger partial charge in [-0.1, -0.05) is 12.1 Å². The maximum atomic E-state index is 13.1. The number of rotatable bonds is 10. The minimum atomic E-state index is -1.55. The van der Waals surface area contributed by atoms with Crippen LogP contribution in [0, 0.1) is 0 Å². The molecule has 0 aromatic heterocycles. The number of carbonyl (C=O) groups is 4. The number of aliphatic hydroxyl groups is 2. The zero-order valence-corrected chi connectivity index (χ0v) is 19.0. The van der Waals surface area contributed by atoms with Crippen LogP contribution in [0.2, 0.25) is 0 Å². The number of aliphatic hydroxyl groups excluding tert-OH is 2. The van der Waals surface area contributed by atoms with Crippen molar-refractivity contribution >= 4 is 23.7 Å². The van der Waals surface area contributed by atoms with E-state index in [1.54, 1.807) is 12.1 Å². The Kier molecular flexibility index (Phi) is 9.36. The van der Waals surface area contributed by atoms with Crippen molar-refractivity contribution in [1.29, 1.82) is 0 Å². The van der Waals surface area contributed by atoms with E-state index in [0.29, 0.717) is 12.0 Å². The highest BCUT2D eigenvalue weighted by atomic mass is 16.4. The number of nitrogens with two attached hydrogens (primary N) is 1. The molecule has 1 aromatic carbocycles. The molecule has 188 valence electrons. The fourth-order valence-electron chi connectivity index (χ4n) is 3.75. The molecule has 8 N–H and O–H groups in total. The number of aromatic hydroxyl groups is 1. The topological polar surface area (TPSA) is 203 Å². The van der Waals surface area contributed by atoms with Crippen LogP contribution in [0.1, 0.15) is 32.3 Å². The molecule has 0 spiro atoms. The number of phenols is 1. The maximum Gasteiger partial charge on any atom is 0.328 e. The van der Waals surface area contributed by atoms with Gasteiger partial charge in [-0.3, -0.25) is 14.4 Å². The highest BCUT2D eigenvalue weighted by Crippen LogP contribution is 2.20. The number of likely N-dealkylation sites (tertiary alicyclic amines) is 1. The van der Waals surface area contributed by atoms with E-state index in [1.807, 2.05) is 0 Å². The summed E-state index contributed by atoms with van der Waals surface area (Å²) in [7, 11) is 0. The molecule has 0 radical (unpaired) electrons. The average molecular weight is 481 g/mol. The standard InChI is InChI=1S/C22H32N4O8/c1-11(27)17(24-19(30)15(23)10-13-5-7-14(29)8-6-13)21(32)26-9-3-4-16(26)20(31)25-18(12(2)28)22(33)34/h5-8,11-12,15-18,27-29H,3-4,9-10,23H2,1-2H3,(H,24,30)(H,25,31)(H,33,34). The van der Waals surface area contributed by atoms with Crippen LogP contribution in [-0.2, 0) is 25.6 Å². The summed E-state index contributed by atoms with van der Waals surface area (Å²) in [6.45, 7) is 2.70. The lowest BCUT2D eigenvalue weighted by molar-refractivity contribution is -0.147. The number of carbonyl (C=O) groups excluding carboxylic acids is 3. The van der Waals surface area contributed by atoms with Crippen molar-refractivity contribution in [1.82, 2.24) is 15.5 Å². The van der Waals surface area contributed by atoms with Gasteiger partial charge in [0.15, 0.2) is 6.04 Å². The summed E-state index contributed by atoms with van der Waals surface area (Å²) in [6.07, 6.45) is -1.82. The molecule has 6 unspecified atom stereocenters. The van der Waals surface area contributed by atoms with E-state index in [2.05, 4.69) is 10.6 Å². The number of phenolic OH excluding ortho intramolecular Hbond substituents is 1. The van der Waals surface area contributed by atoms with Crippen molar-refractivity contribution in [2.24, 2.45) is 5.73 Å². The summed E-state index contributed by atoms with van der Waals surface area (Å²) in [5, 5.41) is 43.0. The third-order valence-corrected chi connectivity index (χ3v) is 5.66. The molecule has 1 aliphatic rings. The summed E-state index contributed by atoms with van der Waals surface area (Å²) in [5.74, 6) is -3.50. The molecule has 1 aliphatic heterocycles. The van der Waals surface area contributed by atoms with Crippen molar-refractivity contribution in [2.75, 3.05) is 6.54 Å². The molecule has 1 heterocycles. The SMILES string of the molecule is CC(O)C(NC(=O)C1CCCN1C(=O)C(NC(=O)C(N)Cc1ccc(O)cc1)C(C)O)C(=O)O. The minimum absolute atomic E-state index is 0.0638. The molecule has 0 saturated carbocycles. The van der Waals surface area contributed by atoms with Crippen molar-refractivity contribution in [3.8, 4) is 5.75 Å². The number of nitrogens with one attached hydrogen (secondary N) is 2. The molecule has 12 heteroatoms. The molecule has 3 amide bonds. The monoisotopic (exact) mass is 480 g/mol. The van der Waals surface area contributed by atoms with E-state index in [9.17, 15) is 39.6 Å². The second-order valence-electron chi connectivity index (χ2n) is 8.46. The second kappa shape index (κ2) is 11.8. The number of amides is 3. The smallest absolute Gasteiger partial charge is 0.328 e. The highest BCUT2D eigenvalue weighted by Gasteiger charge is 2.41. The summed E-state index contributed by atoms with van der Waals surface area (Å²) in [6, 6.07) is 1.13. The molecule has 6 atom stereocenters. The first-order valence-corrected chi connectivity index (χ1v) is 11.0. The largest absolute Gasteiger partial charge is 0.508 e. The lowest BCUT2D eigenvalue weighted by Crippen LogP contribution is -2.60. The van der Waals surface area contributed by atoms with Crippen molar-refractivity contribution < 1.29 is 39.6 Å². The maximum absolute atomic E-state index is 13.1. The number of hydrogen-bond donors (Lipinski definition) is 7. The number of aliphatic carboxylic acids is 1. The van der Waals surface area contributed by atoms with E-state index in [0.717, 1.165) is 0 Å². The third-order valence-electron chi connectivity index (χ3n) is 5.66. The average Bonchev–Trinajstić information content (AvgIpc) is 3.26. The lowest BCUT2D eigenvalue weighted by atomic mass is 10.0. The van der Waals surface area contributed by atoms with Gasteiger partial charge in [0, 0.05) is 6.54 Å². The normalized spacial score (nSPS) is 20.0. The number of hydrogen-bond acceptors (Lipinski definition) is 8. The Labute approximate surface area is 196 Å². The fraction of sp³-hybridized carbons (Fsp3) is 0.545. The van der Waals surface area contributed by atoms with Crippen molar-refractivity contribution in [3.05, 3.63) is 29.8 Å². The Morgan fingerprint density at radius 3 is 2.18 bits per heavy atom. The molecule has 0 bridgehead atoms. The Balaban J connectivity index is 2.08. The molecule has 12 nitrogen and oxygen atoms in total. The molecule has 0 aliphatic carbocycles. The Morgan fingerprint density at radius 1 is 1.06 bits per heavy atom. The van der Waals surface area contributed by atoms with Crippen LogP contribution in [0.3, 0.4) is 0 Å². The van der Waals surface area contributed by atoms with Crippen LogP contribution in [0.4, 0.5) is 0 Å². The first-order valence-electron chi connectivity index (χ1n) is 11.0. The predicted molar refractivity (Wildman–Crippen MR) is 119 cm³/mol. The van der Waals surface area contributed by atoms with Gasteiger partial charge in [0.1, 0.15) is 17.8 Å². The molecule has 1 fully saturated rings. The molecular formula is C22H32N4O8. The van der Waals surface area contributed by atoms with E-state index in [-0.39, 0.29) is 25.1 Å². The molecule has 1 aromatic rings. The summed E-state index contributed by atoms with van der Waals surface area (Å²) < 4.78 is 0. The van der Waals surface area contributed by atoms with Crippen LogP contribution in [0.25, 0.3) is 0 Å². The summed E-state index contributed by atoms with van der Waals surface area (Å²) in [4.78, 5) is 50.9. The van der Waals surface area contributed by atoms with Crippen molar-refractivity contribution in [2.45, 2.75) is 69.5 Å². The van der Waals surface area contributed by atoms with Gasteiger partial charge in [0.2, 0.25) is 17.7 Å². The van der Waals surface area contributed by atoms with Crippen LogP contribution in [0.5, 0.6) is 5.75 Å². The lowest BCUT2D eigenvalue weighted by Gasteiger charge is -2.31. The first kappa shape index (κ1) is 27.0. The van der Waals surface area contributed by atoms with Gasteiger partial charge in [-0.05, 0) is 50.8 Å². The Morgan fingerprint density at radius 2 is 1.65 bits per heavy atom. The van der Waals surface area contributed by atoms with Gasteiger partial charge < -0.3 is 41.7 Å². The first-order chi connectivity index (χ1) is 15.9. The van der Waals surface area contributed by atoms with Gasteiger partial charge >= 0.3 is 5.97 Å². The zero-order chi connectivity index (χ0) is 25.6. The fourth-order valence-corrected chi connectivity index (χ4v) is 3.75. The summed E-state index contributed by atoms with van der Waals surface area (Å²) in [5.41, 5.74) is 6.63. The minimum Gasteiger partial charge on any atom is -0.508 e. The van der Waals surface area contributed by atoms with Gasteiger partial charge in [0.05, 0.1) is 18.2 Å². The van der Waals surface area contributed by atoms with Crippen LogP contribution in [-0.4, -0.2) is 91.9 Å². The molecular weight excluding hydrogens is 448 g/mol. The van der Waals surface area contributed by atoms with E-state index in [4.69, 9.17) is 5.73 Å². The predicted octanol–water partition coefficient (Wildman–Crippen LogP) is -1.93. The molecule has 1 saturated heterocycles.